The van der Waals surface area contributed by atoms with Crippen molar-refractivity contribution in [2.75, 3.05) is 13.2 Å². The van der Waals surface area contributed by atoms with Gasteiger partial charge in [0.1, 0.15) is 17.2 Å². The number of aryl methyl sites for hydroxylation is 1. The Morgan fingerprint density at radius 2 is 2.00 bits per heavy atom. The predicted molar refractivity (Wildman–Crippen MR) is 103 cm³/mol. The largest absolute Gasteiger partial charge is 0.506 e. The molecule has 5 nitrogen and oxygen atoms in total. The molecule has 0 saturated carbocycles. The lowest BCUT2D eigenvalue weighted by Crippen LogP contribution is -2.26. The van der Waals surface area contributed by atoms with Crippen molar-refractivity contribution < 1.29 is 14.6 Å². The summed E-state index contributed by atoms with van der Waals surface area (Å²) in [5.41, 5.74) is 1.69. The van der Waals surface area contributed by atoms with Gasteiger partial charge in [-0.3, -0.25) is 4.79 Å². The van der Waals surface area contributed by atoms with Crippen LogP contribution in [0.25, 0.3) is 10.9 Å². The second kappa shape index (κ2) is 8.15. The number of aromatic hydroxyl groups is 1. The van der Waals surface area contributed by atoms with E-state index >= 15 is 0 Å². The highest BCUT2D eigenvalue weighted by molar-refractivity contribution is 6.32. The van der Waals surface area contributed by atoms with Crippen LogP contribution in [-0.4, -0.2) is 28.7 Å². The maximum atomic E-state index is 12.4. The van der Waals surface area contributed by atoms with Gasteiger partial charge in [-0.1, -0.05) is 29.8 Å². The lowest BCUT2D eigenvalue weighted by molar-refractivity contribution is 0.0944. The van der Waals surface area contributed by atoms with Crippen molar-refractivity contribution in [3.05, 3.63) is 59.2 Å². The van der Waals surface area contributed by atoms with Crippen LogP contribution in [0.4, 0.5) is 0 Å². The number of rotatable bonds is 7. The molecule has 3 aromatic rings. The average molecular weight is 373 g/mol. The Bertz CT molecular complexity index is 921. The first-order valence-corrected chi connectivity index (χ1v) is 8.88. The van der Waals surface area contributed by atoms with Crippen LogP contribution in [0, 0.1) is 0 Å². The molecular formula is C20H21ClN2O3. The first-order valence-electron chi connectivity index (χ1n) is 8.50. The van der Waals surface area contributed by atoms with Crippen molar-refractivity contribution >= 4 is 28.4 Å². The summed E-state index contributed by atoms with van der Waals surface area (Å²) < 4.78 is 7.49. The fraction of sp³-hybridized carbons (Fsp3) is 0.250. The Hall–Kier alpha value is -2.66. The number of benzene rings is 2. The zero-order chi connectivity index (χ0) is 18.5. The second-order valence-electron chi connectivity index (χ2n) is 6.07. The molecule has 6 heteroatoms. The number of unbranched alkanes of at least 4 members (excludes halogenated alkanes) is 1. The smallest absolute Gasteiger partial charge is 0.267 e. The van der Waals surface area contributed by atoms with Gasteiger partial charge in [0.15, 0.2) is 0 Å². The third-order valence-electron chi connectivity index (χ3n) is 4.23. The maximum Gasteiger partial charge on any atom is 0.267 e. The molecule has 0 aliphatic carbocycles. The molecule has 0 aliphatic heterocycles. The lowest BCUT2D eigenvalue weighted by Gasteiger charge is -2.08. The average Bonchev–Trinajstić information content (AvgIpc) is 2.98. The number of halogens is 1. The van der Waals surface area contributed by atoms with Crippen molar-refractivity contribution in [3.8, 4) is 11.5 Å². The summed E-state index contributed by atoms with van der Waals surface area (Å²) in [5, 5.41) is 13.6. The van der Waals surface area contributed by atoms with Gasteiger partial charge in [-0.15, -0.1) is 0 Å². The number of hydrogen-bond donors (Lipinski definition) is 2. The summed E-state index contributed by atoms with van der Waals surface area (Å²) in [6, 6.07) is 14.6. The number of nitrogens with one attached hydrogen (secondary N) is 1. The van der Waals surface area contributed by atoms with Crippen molar-refractivity contribution in [3.63, 3.8) is 0 Å². The molecule has 0 unspecified atom stereocenters. The van der Waals surface area contributed by atoms with E-state index in [4.69, 9.17) is 16.3 Å². The number of fused-ring (bicyclic) bond motifs is 1. The quantitative estimate of drug-likeness (QED) is 0.613. The lowest BCUT2D eigenvalue weighted by atomic mass is 10.2. The standard InChI is InChI=1S/C20H21ClN2O3/c1-23-17-7-3-2-6-14(17)12-18(23)20(25)22-10-4-5-11-26-15-8-9-19(24)16(21)13-15/h2-3,6-9,12-13,24H,4-5,10-11H2,1H3,(H,22,25). The van der Waals surface area contributed by atoms with Gasteiger partial charge >= 0.3 is 0 Å². The van der Waals surface area contributed by atoms with E-state index in [2.05, 4.69) is 5.32 Å². The van der Waals surface area contributed by atoms with E-state index in [1.165, 1.54) is 6.07 Å². The summed E-state index contributed by atoms with van der Waals surface area (Å²) in [5.74, 6) is 0.581. The van der Waals surface area contributed by atoms with E-state index in [1.807, 2.05) is 41.9 Å². The second-order valence-corrected chi connectivity index (χ2v) is 6.48. The molecule has 1 aromatic heterocycles. The summed E-state index contributed by atoms with van der Waals surface area (Å²) in [4.78, 5) is 12.4. The Kier molecular flexibility index (Phi) is 5.68. The molecule has 2 N–H and O–H groups in total. The van der Waals surface area contributed by atoms with Gasteiger partial charge in [0.2, 0.25) is 0 Å². The third kappa shape index (κ3) is 4.11. The number of phenols is 1. The van der Waals surface area contributed by atoms with Crippen LogP contribution in [-0.2, 0) is 7.05 Å². The number of aromatic nitrogens is 1. The van der Waals surface area contributed by atoms with Gasteiger partial charge in [-0.25, -0.2) is 0 Å². The molecule has 0 atom stereocenters. The highest BCUT2D eigenvalue weighted by Gasteiger charge is 2.12. The van der Waals surface area contributed by atoms with Crippen molar-refractivity contribution in [1.29, 1.82) is 0 Å². The van der Waals surface area contributed by atoms with Crippen LogP contribution in [0.15, 0.2) is 48.5 Å². The van der Waals surface area contributed by atoms with Gasteiger partial charge in [0.05, 0.1) is 11.6 Å². The van der Waals surface area contributed by atoms with Gasteiger partial charge in [-0.05, 0) is 37.1 Å². The summed E-state index contributed by atoms with van der Waals surface area (Å²) in [7, 11) is 1.90. The molecular weight excluding hydrogens is 352 g/mol. The van der Waals surface area contributed by atoms with Crippen LogP contribution >= 0.6 is 11.6 Å². The zero-order valence-corrected chi connectivity index (χ0v) is 15.3. The number of carbonyl (C=O) groups excluding carboxylic acids is 1. The van der Waals surface area contributed by atoms with Gasteiger partial charge in [0.25, 0.3) is 5.91 Å². The number of phenolic OH excluding ortho intramolecular Hbond substituents is 1. The van der Waals surface area contributed by atoms with Crippen LogP contribution in [0.5, 0.6) is 11.5 Å². The van der Waals surface area contributed by atoms with E-state index in [0.29, 0.717) is 24.6 Å². The number of para-hydroxylation sites is 1. The van der Waals surface area contributed by atoms with Gasteiger partial charge in [-0.2, -0.15) is 0 Å². The number of ether oxygens (including phenoxy) is 1. The normalized spacial score (nSPS) is 10.8. The topological polar surface area (TPSA) is 63.5 Å². The van der Waals surface area contributed by atoms with Crippen LogP contribution in [0.3, 0.4) is 0 Å². The maximum absolute atomic E-state index is 12.4. The fourth-order valence-electron chi connectivity index (χ4n) is 2.79. The molecule has 0 bridgehead atoms. The van der Waals surface area contributed by atoms with Crippen LogP contribution in [0.2, 0.25) is 5.02 Å². The minimum atomic E-state index is -0.0741. The zero-order valence-electron chi connectivity index (χ0n) is 14.5. The van der Waals surface area contributed by atoms with Gasteiger partial charge in [0, 0.05) is 30.6 Å². The molecule has 0 radical (unpaired) electrons. The summed E-state index contributed by atoms with van der Waals surface area (Å²) in [6.45, 7) is 1.10. The number of nitrogens with zero attached hydrogens (tertiary/aromatic N) is 1. The van der Waals surface area contributed by atoms with Crippen LogP contribution in [0.1, 0.15) is 23.3 Å². The number of hydrogen-bond acceptors (Lipinski definition) is 3. The Balaban J connectivity index is 1.42. The highest BCUT2D eigenvalue weighted by atomic mass is 35.5. The van der Waals surface area contributed by atoms with Crippen LogP contribution < -0.4 is 10.1 Å². The molecule has 0 aliphatic rings. The summed E-state index contributed by atoms with van der Waals surface area (Å²) in [6.07, 6.45) is 1.61. The van der Waals surface area contributed by atoms with Crippen molar-refractivity contribution in [2.24, 2.45) is 7.05 Å². The van der Waals surface area contributed by atoms with Gasteiger partial charge < -0.3 is 19.7 Å². The molecule has 136 valence electrons. The molecule has 1 heterocycles. The third-order valence-corrected chi connectivity index (χ3v) is 4.53. The minimum absolute atomic E-state index is 0.0371. The van der Waals surface area contributed by atoms with E-state index in [-0.39, 0.29) is 16.7 Å². The monoisotopic (exact) mass is 372 g/mol. The van der Waals surface area contributed by atoms with E-state index in [1.54, 1.807) is 12.1 Å². The number of carbonyl (C=O) groups is 1. The first-order chi connectivity index (χ1) is 12.6. The van der Waals surface area contributed by atoms with E-state index in [9.17, 15) is 9.90 Å². The highest BCUT2D eigenvalue weighted by Crippen LogP contribution is 2.27. The predicted octanol–water partition coefficient (Wildman–Crippen LogP) is 4.13. The molecule has 2 aromatic carbocycles. The van der Waals surface area contributed by atoms with E-state index < -0.39 is 0 Å². The van der Waals surface area contributed by atoms with E-state index in [0.717, 1.165) is 23.7 Å². The number of amides is 1. The molecule has 0 spiro atoms. The Morgan fingerprint density at radius 1 is 1.19 bits per heavy atom. The minimum Gasteiger partial charge on any atom is -0.506 e. The summed E-state index contributed by atoms with van der Waals surface area (Å²) >= 11 is 5.83. The Labute approximate surface area is 157 Å². The molecule has 0 fully saturated rings. The molecule has 0 saturated heterocycles. The van der Waals surface area contributed by atoms with Crippen molar-refractivity contribution in [1.82, 2.24) is 9.88 Å². The Morgan fingerprint density at radius 3 is 2.77 bits per heavy atom. The molecule has 1 amide bonds. The molecule has 3 rings (SSSR count). The SMILES string of the molecule is Cn1c(C(=O)NCCCCOc2ccc(O)c(Cl)c2)cc2ccccc21. The fourth-order valence-corrected chi connectivity index (χ4v) is 2.96. The molecule has 26 heavy (non-hydrogen) atoms. The van der Waals surface area contributed by atoms with Crippen molar-refractivity contribution in [2.45, 2.75) is 12.8 Å². The first kappa shape index (κ1) is 18.1.